The van der Waals surface area contributed by atoms with Gasteiger partial charge in [0.15, 0.2) is 0 Å². The van der Waals surface area contributed by atoms with E-state index in [0.717, 1.165) is 25.2 Å². The van der Waals surface area contributed by atoms with E-state index in [4.69, 9.17) is 9.47 Å². The summed E-state index contributed by atoms with van der Waals surface area (Å²) in [6, 6.07) is 6.60. The minimum absolute atomic E-state index is 0. The first-order valence-corrected chi connectivity index (χ1v) is 8.87. The van der Waals surface area contributed by atoms with Crippen LogP contribution in [-0.2, 0) is 14.3 Å². The molecule has 2 heterocycles. The van der Waals surface area contributed by atoms with Gasteiger partial charge in [0.25, 0.3) is 0 Å². The summed E-state index contributed by atoms with van der Waals surface area (Å²) < 4.78 is 24.0. The van der Waals surface area contributed by atoms with Crippen molar-refractivity contribution in [2.45, 2.75) is 18.5 Å². The summed E-state index contributed by atoms with van der Waals surface area (Å²) in [6.07, 6.45) is 0.402. The Morgan fingerprint density at radius 1 is 1.19 bits per heavy atom. The number of hydrogen-bond acceptors (Lipinski definition) is 5. The number of hydrogen-bond donors (Lipinski definition) is 2. The van der Waals surface area contributed by atoms with Gasteiger partial charge in [-0.2, -0.15) is 0 Å². The van der Waals surface area contributed by atoms with Gasteiger partial charge in [-0.05, 0) is 17.7 Å². The van der Waals surface area contributed by atoms with Crippen molar-refractivity contribution in [1.82, 2.24) is 15.5 Å². The molecule has 27 heavy (non-hydrogen) atoms. The number of nitrogens with zero attached hydrogens (tertiary/aromatic N) is 1. The number of morpholine rings is 2. The van der Waals surface area contributed by atoms with Crippen LogP contribution in [0, 0.1) is 5.82 Å². The molecule has 1 amide bonds. The van der Waals surface area contributed by atoms with Gasteiger partial charge in [0.1, 0.15) is 5.82 Å². The lowest BCUT2D eigenvalue weighted by Gasteiger charge is -2.35. The fourth-order valence-electron chi connectivity index (χ4n) is 3.29. The standard InChI is InChI=1S/C18H26FN3O3.2ClH/c19-15-3-1-14(2-4-15)17(22-6-9-24-10-7-22)12-21-18(23)11-16-13-25-8-5-20-16;;/h1-4,16-17,20H,5-13H2,(H,21,23);2*1H. The first kappa shape index (κ1) is 24.1. The Hall–Kier alpha value is -0.960. The minimum Gasteiger partial charge on any atom is -0.379 e. The van der Waals surface area contributed by atoms with Crippen molar-refractivity contribution >= 4 is 30.7 Å². The Balaban J connectivity index is 0.00000182. The highest BCUT2D eigenvalue weighted by Gasteiger charge is 2.24. The molecule has 2 N–H and O–H groups in total. The number of carbonyl (C=O) groups is 1. The van der Waals surface area contributed by atoms with Gasteiger partial charge in [-0.3, -0.25) is 9.69 Å². The Bertz CT molecular complexity index is 553. The van der Waals surface area contributed by atoms with E-state index in [1.54, 1.807) is 12.1 Å². The maximum atomic E-state index is 13.2. The Morgan fingerprint density at radius 2 is 1.89 bits per heavy atom. The Kier molecular flexibility index (Phi) is 11.1. The molecule has 0 spiro atoms. The SMILES string of the molecule is Cl.Cl.O=C(CC1COCCN1)NCC(c1ccc(F)cc1)N1CCOCC1. The van der Waals surface area contributed by atoms with E-state index in [2.05, 4.69) is 15.5 Å². The largest absolute Gasteiger partial charge is 0.379 e. The van der Waals surface area contributed by atoms with Crippen molar-refractivity contribution in [1.29, 1.82) is 0 Å². The number of benzene rings is 1. The highest BCUT2D eigenvalue weighted by atomic mass is 35.5. The lowest BCUT2D eigenvalue weighted by Crippen LogP contribution is -2.46. The number of amides is 1. The van der Waals surface area contributed by atoms with Crippen LogP contribution in [0.25, 0.3) is 0 Å². The monoisotopic (exact) mass is 423 g/mol. The number of carbonyl (C=O) groups excluding carboxylic acids is 1. The van der Waals surface area contributed by atoms with Crippen LogP contribution in [0.4, 0.5) is 4.39 Å². The van der Waals surface area contributed by atoms with Crippen LogP contribution in [0.2, 0.25) is 0 Å². The molecule has 3 rings (SSSR count). The minimum atomic E-state index is -0.253. The van der Waals surface area contributed by atoms with Crippen LogP contribution in [0.3, 0.4) is 0 Å². The van der Waals surface area contributed by atoms with E-state index in [0.29, 0.717) is 39.4 Å². The molecule has 1 aromatic rings. The van der Waals surface area contributed by atoms with Crippen molar-refractivity contribution in [2.75, 3.05) is 52.6 Å². The second kappa shape index (κ2) is 12.5. The zero-order valence-electron chi connectivity index (χ0n) is 15.2. The van der Waals surface area contributed by atoms with E-state index >= 15 is 0 Å². The molecule has 0 bridgehead atoms. The summed E-state index contributed by atoms with van der Waals surface area (Å²) in [5, 5.41) is 6.31. The van der Waals surface area contributed by atoms with E-state index in [1.165, 1.54) is 12.1 Å². The molecule has 2 atom stereocenters. The van der Waals surface area contributed by atoms with Crippen molar-refractivity contribution in [3.05, 3.63) is 35.6 Å². The van der Waals surface area contributed by atoms with Crippen molar-refractivity contribution in [2.24, 2.45) is 0 Å². The van der Waals surface area contributed by atoms with Gasteiger partial charge >= 0.3 is 0 Å². The zero-order valence-corrected chi connectivity index (χ0v) is 16.8. The van der Waals surface area contributed by atoms with E-state index in [1.807, 2.05) is 0 Å². The third-order valence-electron chi connectivity index (χ3n) is 4.66. The van der Waals surface area contributed by atoms with Crippen molar-refractivity contribution in [3.63, 3.8) is 0 Å². The zero-order chi connectivity index (χ0) is 17.5. The summed E-state index contributed by atoms with van der Waals surface area (Å²) >= 11 is 0. The lowest BCUT2D eigenvalue weighted by molar-refractivity contribution is -0.122. The summed E-state index contributed by atoms with van der Waals surface area (Å²) in [7, 11) is 0. The summed E-state index contributed by atoms with van der Waals surface area (Å²) in [4.78, 5) is 14.6. The second-order valence-corrected chi connectivity index (χ2v) is 6.45. The van der Waals surface area contributed by atoms with E-state index in [9.17, 15) is 9.18 Å². The van der Waals surface area contributed by atoms with Crippen LogP contribution in [0.1, 0.15) is 18.0 Å². The molecule has 0 saturated carbocycles. The molecular formula is C18H28Cl2FN3O3. The quantitative estimate of drug-likeness (QED) is 0.726. The van der Waals surface area contributed by atoms with E-state index < -0.39 is 0 Å². The molecule has 0 aromatic heterocycles. The van der Waals surface area contributed by atoms with Gasteiger partial charge in [0.2, 0.25) is 5.91 Å². The molecular weight excluding hydrogens is 396 g/mol. The van der Waals surface area contributed by atoms with Crippen LogP contribution in [0.15, 0.2) is 24.3 Å². The summed E-state index contributed by atoms with van der Waals surface area (Å²) in [5.74, 6) is -0.250. The highest BCUT2D eigenvalue weighted by molar-refractivity contribution is 5.85. The number of halogens is 3. The second-order valence-electron chi connectivity index (χ2n) is 6.45. The molecule has 154 valence electrons. The average Bonchev–Trinajstić information content (AvgIpc) is 2.65. The van der Waals surface area contributed by atoms with Crippen molar-refractivity contribution in [3.8, 4) is 0 Å². The van der Waals surface area contributed by atoms with Crippen molar-refractivity contribution < 1.29 is 18.7 Å². The molecule has 2 aliphatic heterocycles. The normalized spacial score (nSPS) is 21.4. The predicted octanol–water partition coefficient (Wildman–Crippen LogP) is 1.54. The molecule has 9 heteroatoms. The third kappa shape index (κ3) is 7.52. The van der Waals surface area contributed by atoms with Gasteiger partial charge in [-0.1, -0.05) is 12.1 Å². The molecule has 2 saturated heterocycles. The number of ether oxygens (including phenoxy) is 2. The number of nitrogens with one attached hydrogen (secondary N) is 2. The first-order valence-electron chi connectivity index (χ1n) is 8.87. The summed E-state index contributed by atoms with van der Waals surface area (Å²) in [5.41, 5.74) is 1.00. The maximum absolute atomic E-state index is 13.2. The van der Waals surface area contributed by atoms with Gasteiger partial charge < -0.3 is 20.1 Å². The van der Waals surface area contributed by atoms with Gasteiger partial charge in [0.05, 0.1) is 32.5 Å². The topological polar surface area (TPSA) is 62.8 Å². The molecule has 6 nitrogen and oxygen atoms in total. The van der Waals surface area contributed by atoms with Crippen LogP contribution < -0.4 is 10.6 Å². The molecule has 0 aliphatic carbocycles. The predicted molar refractivity (Wildman–Crippen MR) is 106 cm³/mol. The van der Waals surface area contributed by atoms with Crippen LogP contribution >= 0.6 is 24.8 Å². The first-order chi connectivity index (χ1) is 12.2. The average molecular weight is 424 g/mol. The lowest BCUT2D eigenvalue weighted by atomic mass is 10.0. The van der Waals surface area contributed by atoms with Gasteiger partial charge in [-0.25, -0.2) is 4.39 Å². The fourth-order valence-corrected chi connectivity index (χ4v) is 3.29. The molecule has 2 aliphatic rings. The maximum Gasteiger partial charge on any atom is 0.221 e. The molecule has 0 radical (unpaired) electrons. The molecule has 2 unspecified atom stereocenters. The molecule has 1 aromatic carbocycles. The summed E-state index contributed by atoms with van der Waals surface area (Å²) in [6.45, 7) is 5.50. The fraction of sp³-hybridized carbons (Fsp3) is 0.611. The Labute approximate surface area is 172 Å². The Morgan fingerprint density at radius 3 is 2.52 bits per heavy atom. The highest BCUT2D eigenvalue weighted by Crippen LogP contribution is 2.21. The smallest absolute Gasteiger partial charge is 0.221 e. The third-order valence-corrected chi connectivity index (χ3v) is 4.66. The van der Waals surface area contributed by atoms with Gasteiger partial charge in [-0.15, -0.1) is 24.8 Å². The number of rotatable bonds is 6. The van der Waals surface area contributed by atoms with E-state index in [-0.39, 0.29) is 48.6 Å². The molecule has 2 fully saturated rings. The van der Waals surface area contributed by atoms with Gasteiger partial charge in [0, 0.05) is 38.6 Å². The van der Waals surface area contributed by atoms with Crippen LogP contribution in [-0.4, -0.2) is 69.5 Å². The van der Waals surface area contributed by atoms with Crippen LogP contribution in [0.5, 0.6) is 0 Å².